The summed E-state index contributed by atoms with van der Waals surface area (Å²) in [4.78, 5) is 28.1. The number of hydrogen-bond donors (Lipinski definition) is 3. The number of hydrogen-bond acceptors (Lipinski definition) is 2. The summed E-state index contributed by atoms with van der Waals surface area (Å²) in [5, 5.41) is 2.78. The molecule has 18 heavy (non-hydrogen) atoms. The summed E-state index contributed by atoms with van der Waals surface area (Å²) in [6.45, 7) is 5.59. The minimum atomic E-state index is -0.377. The Hall–Kier alpha value is -2.30. The molecule has 0 radical (unpaired) electrons. The molecule has 2 aromatic rings. The summed E-state index contributed by atoms with van der Waals surface area (Å²) in [7, 11) is 0. The molecular weight excluding hydrogens is 230 g/mol. The Balaban J connectivity index is 2.26. The highest BCUT2D eigenvalue weighted by atomic mass is 16.2. The van der Waals surface area contributed by atoms with Gasteiger partial charge in [0.05, 0.1) is 0 Å². The van der Waals surface area contributed by atoms with Crippen molar-refractivity contribution in [2.45, 2.75) is 20.8 Å². The van der Waals surface area contributed by atoms with Crippen molar-refractivity contribution in [3.8, 4) is 0 Å². The highest BCUT2D eigenvalue weighted by Crippen LogP contribution is 2.16. The zero-order chi connectivity index (χ0) is 13.3. The summed E-state index contributed by atoms with van der Waals surface area (Å²) >= 11 is 0. The molecule has 1 aromatic carbocycles. The topological polar surface area (TPSA) is 77.8 Å². The molecule has 0 bridgehead atoms. The zero-order valence-corrected chi connectivity index (χ0v) is 10.5. The maximum Gasteiger partial charge on any atom is 0.323 e. The molecular formula is C13H15N3O2. The smallest absolute Gasteiger partial charge is 0.320 e. The van der Waals surface area contributed by atoms with Gasteiger partial charge in [0, 0.05) is 11.4 Å². The van der Waals surface area contributed by atoms with E-state index in [4.69, 9.17) is 0 Å². The molecule has 5 heteroatoms. The number of imidazole rings is 1. The molecule has 1 aromatic heterocycles. The second-order valence-electron chi connectivity index (χ2n) is 4.35. The molecule has 0 saturated heterocycles. The molecule has 1 amide bonds. The second-order valence-corrected chi connectivity index (χ2v) is 4.35. The van der Waals surface area contributed by atoms with Crippen molar-refractivity contribution < 1.29 is 4.79 Å². The number of rotatable bonds is 2. The van der Waals surface area contributed by atoms with Crippen LogP contribution in [0.25, 0.3) is 0 Å². The highest BCUT2D eigenvalue weighted by molar-refractivity contribution is 6.03. The lowest BCUT2D eigenvalue weighted by molar-refractivity contribution is 0.102. The molecule has 0 aliphatic carbocycles. The number of carbonyl (C=O) groups is 1. The van der Waals surface area contributed by atoms with Gasteiger partial charge in [-0.05, 0) is 32.4 Å². The number of amides is 1. The summed E-state index contributed by atoms with van der Waals surface area (Å²) < 4.78 is 0. The maximum absolute atomic E-state index is 12.0. The van der Waals surface area contributed by atoms with Crippen LogP contribution in [0, 0.1) is 20.8 Å². The number of benzene rings is 1. The Morgan fingerprint density at radius 3 is 2.44 bits per heavy atom. The highest BCUT2D eigenvalue weighted by Gasteiger charge is 2.13. The van der Waals surface area contributed by atoms with E-state index in [1.807, 2.05) is 32.0 Å². The van der Waals surface area contributed by atoms with Crippen LogP contribution in [-0.4, -0.2) is 15.9 Å². The molecule has 2 rings (SSSR count). The zero-order valence-electron chi connectivity index (χ0n) is 10.5. The van der Waals surface area contributed by atoms with Gasteiger partial charge in [0.1, 0.15) is 5.69 Å². The monoisotopic (exact) mass is 245 g/mol. The molecule has 3 N–H and O–H groups in total. The molecule has 0 unspecified atom stereocenters. The van der Waals surface area contributed by atoms with E-state index in [2.05, 4.69) is 15.3 Å². The molecule has 0 aliphatic rings. The molecule has 0 saturated carbocycles. The Morgan fingerprint density at radius 1 is 1.17 bits per heavy atom. The van der Waals surface area contributed by atoms with Crippen LogP contribution < -0.4 is 11.0 Å². The number of aryl methyl sites for hydroxylation is 3. The van der Waals surface area contributed by atoms with Crippen molar-refractivity contribution in [2.75, 3.05) is 5.32 Å². The third-order valence-corrected chi connectivity index (χ3v) is 2.77. The molecule has 94 valence electrons. The fraction of sp³-hybridized carbons (Fsp3) is 0.231. The Labute approximate surface area is 104 Å². The lowest BCUT2D eigenvalue weighted by atomic mass is 10.1. The standard InChI is InChI=1S/C13H15N3O2/c1-7-4-5-10(8(2)6-7)15-12(17)11-9(3)14-13(18)16-11/h4-6H,1-3H3,(H,15,17)(H2,14,16,18). The molecule has 0 atom stereocenters. The molecule has 0 aliphatic heterocycles. The molecule has 0 fully saturated rings. The second kappa shape index (κ2) is 4.52. The predicted molar refractivity (Wildman–Crippen MR) is 70.0 cm³/mol. The van der Waals surface area contributed by atoms with Crippen molar-refractivity contribution in [2.24, 2.45) is 0 Å². The van der Waals surface area contributed by atoms with Crippen LogP contribution >= 0.6 is 0 Å². The number of aromatic nitrogens is 2. The Morgan fingerprint density at radius 2 is 1.89 bits per heavy atom. The molecule has 1 heterocycles. The summed E-state index contributed by atoms with van der Waals surface area (Å²) in [6, 6.07) is 5.76. The molecule has 0 spiro atoms. The first kappa shape index (κ1) is 12.2. The lowest BCUT2D eigenvalue weighted by Gasteiger charge is -2.08. The number of H-pyrrole nitrogens is 2. The van der Waals surface area contributed by atoms with Crippen molar-refractivity contribution in [3.63, 3.8) is 0 Å². The average Bonchev–Trinajstić information content (AvgIpc) is 2.62. The number of nitrogens with one attached hydrogen (secondary N) is 3. The van der Waals surface area contributed by atoms with Crippen molar-refractivity contribution in [1.29, 1.82) is 0 Å². The van der Waals surface area contributed by atoms with Crippen LogP contribution in [-0.2, 0) is 0 Å². The van der Waals surface area contributed by atoms with Gasteiger partial charge in [-0.3, -0.25) is 4.79 Å². The largest absolute Gasteiger partial charge is 0.323 e. The minimum Gasteiger partial charge on any atom is -0.320 e. The van der Waals surface area contributed by atoms with Gasteiger partial charge < -0.3 is 15.3 Å². The van der Waals surface area contributed by atoms with E-state index in [-0.39, 0.29) is 17.3 Å². The first-order chi connectivity index (χ1) is 8.47. The van der Waals surface area contributed by atoms with E-state index < -0.39 is 0 Å². The van der Waals surface area contributed by atoms with Crippen LogP contribution in [0.1, 0.15) is 27.3 Å². The van der Waals surface area contributed by atoms with Crippen molar-refractivity contribution in [3.05, 3.63) is 51.2 Å². The quantitative estimate of drug-likeness (QED) is 0.755. The van der Waals surface area contributed by atoms with E-state index in [9.17, 15) is 9.59 Å². The van der Waals surface area contributed by atoms with Gasteiger partial charge in [-0.15, -0.1) is 0 Å². The van der Waals surface area contributed by atoms with Crippen molar-refractivity contribution >= 4 is 11.6 Å². The van der Waals surface area contributed by atoms with E-state index in [1.54, 1.807) is 6.92 Å². The number of aromatic amines is 2. The lowest BCUT2D eigenvalue weighted by Crippen LogP contribution is -2.15. The van der Waals surface area contributed by atoms with Crippen LogP contribution in [0.2, 0.25) is 0 Å². The summed E-state index contributed by atoms with van der Waals surface area (Å²) in [5.74, 6) is -0.321. The van der Waals surface area contributed by atoms with Gasteiger partial charge in [0.2, 0.25) is 0 Å². The first-order valence-electron chi connectivity index (χ1n) is 5.65. The Bertz CT molecular complexity index is 652. The fourth-order valence-corrected chi connectivity index (χ4v) is 1.84. The van der Waals surface area contributed by atoms with E-state index in [1.165, 1.54) is 0 Å². The van der Waals surface area contributed by atoms with Gasteiger partial charge in [-0.2, -0.15) is 0 Å². The first-order valence-corrected chi connectivity index (χ1v) is 5.65. The van der Waals surface area contributed by atoms with Crippen LogP contribution in [0.3, 0.4) is 0 Å². The van der Waals surface area contributed by atoms with Gasteiger partial charge >= 0.3 is 5.69 Å². The minimum absolute atomic E-state index is 0.264. The maximum atomic E-state index is 12.0. The fourth-order valence-electron chi connectivity index (χ4n) is 1.84. The van der Waals surface area contributed by atoms with Crippen molar-refractivity contribution in [1.82, 2.24) is 9.97 Å². The number of carbonyl (C=O) groups excluding carboxylic acids is 1. The van der Waals surface area contributed by atoms with Gasteiger partial charge in [-0.25, -0.2) is 4.79 Å². The number of anilines is 1. The third kappa shape index (κ3) is 2.34. The Kier molecular flexibility index (Phi) is 3.06. The van der Waals surface area contributed by atoms with Gasteiger partial charge in [0.15, 0.2) is 0 Å². The summed E-state index contributed by atoms with van der Waals surface area (Å²) in [6.07, 6.45) is 0. The third-order valence-electron chi connectivity index (χ3n) is 2.77. The van der Waals surface area contributed by atoms with Gasteiger partial charge in [0.25, 0.3) is 5.91 Å². The average molecular weight is 245 g/mol. The summed E-state index contributed by atoms with van der Waals surface area (Å²) in [5.41, 5.74) is 3.28. The van der Waals surface area contributed by atoms with E-state index >= 15 is 0 Å². The normalized spacial score (nSPS) is 10.4. The van der Waals surface area contributed by atoms with E-state index in [0.717, 1.165) is 16.8 Å². The SMILES string of the molecule is Cc1ccc(NC(=O)c2[nH]c(=O)[nH]c2C)c(C)c1. The van der Waals surface area contributed by atoms with Crippen LogP contribution in [0.15, 0.2) is 23.0 Å². The molecule has 5 nitrogen and oxygen atoms in total. The van der Waals surface area contributed by atoms with Gasteiger partial charge in [-0.1, -0.05) is 17.7 Å². The predicted octanol–water partition coefficient (Wildman–Crippen LogP) is 1.88. The van der Waals surface area contributed by atoms with Crippen LogP contribution in [0.5, 0.6) is 0 Å². The van der Waals surface area contributed by atoms with E-state index in [0.29, 0.717) is 5.69 Å². The van der Waals surface area contributed by atoms with Crippen LogP contribution in [0.4, 0.5) is 5.69 Å².